The molecule has 0 aliphatic heterocycles. The first-order chi connectivity index (χ1) is 7.58. The van der Waals surface area contributed by atoms with Crippen molar-refractivity contribution in [2.24, 2.45) is 0 Å². The number of aromatic nitrogens is 3. The summed E-state index contributed by atoms with van der Waals surface area (Å²) in [7, 11) is 0. The standard InChI is InChI=1S/C11H11BrClN3/c1-6(2)10-14-11(16-15-10)7-3-4-9(13)8(12)5-7/h3-6H,1-2H3,(H,14,15,16). The SMILES string of the molecule is CC(C)c1nc(-c2ccc(Cl)c(Br)c2)n[nH]1. The fourth-order valence-electron chi connectivity index (χ4n) is 1.30. The number of nitrogens with zero attached hydrogens (tertiary/aromatic N) is 2. The van der Waals surface area contributed by atoms with Crippen LogP contribution in [0.3, 0.4) is 0 Å². The van der Waals surface area contributed by atoms with Gasteiger partial charge in [-0.1, -0.05) is 25.4 Å². The molecule has 0 atom stereocenters. The summed E-state index contributed by atoms with van der Waals surface area (Å²) in [4.78, 5) is 4.42. The van der Waals surface area contributed by atoms with Crippen molar-refractivity contribution in [2.75, 3.05) is 0 Å². The molecule has 2 rings (SSSR count). The van der Waals surface area contributed by atoms with E-state index in [9.17, 15) is 0 Å². The minimum Gasteiger partial charge on any atom is -0.262 e. The third-order valence-electron chi connectivity index (χ3n) is 2.23. The van der Waals surface area contributed by atoms with Crippen LogP contribution in [0.1, 0.15) is 25.6 Å². The lowest BCUT2D eigenvalue weighted by Gasteiger charge is -1.99. The van der Waals surface area contributed by atoms with Gasteiger partial charge in [0, 0.05) is 16.0 Å². The lowest BCUT2D eigenvalue weighted by atomic mass is 10.2. The van der Waals surface area contributed by atoms with Crippen LogP contribution in [-0.4, -0.2) is 15.2 Å². The molecule has 0 radical (unpaired) electrons. The predicted molar refractivity (Wildman–Crippen MR) is 68.6 cm³/mol. The van der Waals surface area contributed by atoms with E-state index in [1.165, 1.54) is 0 Å². The molecule has 16 heavy (non-hydrogen) atoms. The summed E-state index contributed by atoms with van der Waals surface area (Å²) in [6.07, 6.45) is 0. The largest absolute Gasteiger partial charge is 0.262 e. The molecule has 1 heterocycles. The molecule has 2 aromatic rings. The van der Waals surface area contributed by atoms with Gasteiger partial charge in [0.2, 0.25) is 0 Å². The van der Waals surface area contributed by atoms with E-state index >= 15 is 0 Å². The highest BCUT2D eigenvalue weighted by Crippen LogP contribution is 2.27. The number of H-pyrrole nitrogens is 1. The molecular formula is C11H11BrClN3. The Hall–Kier alpha value is -0.870. The monoisotopic (exact) mass is 299 g/mol. The van der Waals surface area contributed by atoms with Crippen molar-refractivity contribution in [1.29, 1.82) is 0 Å². The number of aromatic amines is 1. The van der Waals surface area contributed by atoms with E-state index in [4.69, 9.17) is 11.6 Å². The number of rotatable bonds is 2. The summed E-state index contributed by atoms with van der Waals surface area (Å²) in [6, 6.07) is 5.64. The first-order valence-electron chi connectivity index (χ1n) is 4.95. The first kappa shape index (κ1) is 11.6. The van der Waals surface area contributed by atoms with Crippen molar-refractivity contribution < 1.29 is 0 Å². The van der Waals surface area contributed by atoms with Gasteiger partial charge in [0.25, 0.3) is 0 Å². The molecule has 1 aromatic heterocycles. The highest BCUT2D eigenvalue weighted by molar-refractivity contribution is 9.10. The molecule has 84 valence electrons. The molecule has 1 aromatic carbocycles. The predicted octanol–water partition coefficient (Wildman–Crippen LogP) is 4.01. The summed E-state index contributed by atoms with van der Waals surface area (Å²) in [5, 5.41) is 7.79. The fourth-order valence-corrected chi connectivity index (χ4v) is 1.79. The molecular weight excluding hydrogens is 289 g/mol. The Bertz CT molecular complexity index is 508. The smallest absolute Gasteiger partial charge is 0.181 e. The average molecular weight is 301 g/mol. The molecule has 0 aliphatic carbocycles. The van der Waals surface area contributed by atoms with Gasteiger partial charge in [-0.15, -0.1) is 0 Å². The van der Waals surface area contributed by atoms with Gasteiger partial charge in [0.1, 0.15) is 5.82 Å². The van der Waals surface area contributed by atoms with E-state index in [-0.39, 0.29) is 0 Å². The van der Waals surface area contributed by atoms with E-state index in [0.29, 0.717) is 16.8 Å². The van der Waals surface area contributed by atoms with Gasteiger partial charge in [0.15, 0.2) is 5.82 Å². The minimum absolute atomic E-state index is 0.344. The van der Waals surface area contributed by atoms with E-state index in [1.54, 1.807) is 0 Å². The maximum Gasteiger partial charge on any atom is 0.181 e. The van der Waals surface area contributed by atoms with Crippen LogP contribution < -0.4 is 0 Å². The molecule has 3 nitrogen and oxygen atoms in total. The topological polar surface area (TPSA) is 41.6 Å². The second-order valence-electron chi connectivity index (χ2n) is 3.83. The Balaban J connectivity index is 2.39. The van der Waals surface area contributed by atoms with Crippen molar-refractivity contribution >= 4 is 27.5 Å². The Morgan fingerprint density at radius 3 is 2.69 bits per heavy atom. The fraction of sp³-hybridized carbons (Fsp3) is 0.273. The zero-order chi connectivity index (χ0) is 11.7. The molecule has 0 aliphatic rings. The van der Waals surface area contributed by atoms with Crippen LogP contribution in [0.25, 0.3) is 11.4 Å². The van der Waals surface area contributed by atoms with Crippen molar-refractivity contribution in [1.82, 2.24) is 15.2 Å². The summed E-state index contributed by atoms with van der Waals surface area (Å²) >= 11 is 9.31. The molecule has 0 unspecified atom stereocenters. The normalized spacial score (nSPS) is 11.1. The molecule has 0 amide bonds. The quantitative estimate of drug-likeness (QED) is 0.910. The Morgan fingerprint density at radius 2 is 2.12 bits per heavy atom. The van der Waals surface area contributed by atoms with Crippen molar-refractivity contribution in [3.8, 4) is 11.4 Å². The Kier molecular flexibility index (Phi) is 3.30. The van der Waals surface area contributed by atoms with Gasteiger partial charge in [-0.3, -0.25) is 5.10 Å². The Morgan fingerprint density at radius 1 is 1.38 bits per heavy atom. The molecule has 0 saturated heterocycles. The molecule has 0 spiro atoms. The van der Waals surface area contributed by atoms with Crippen LogP contribution in [0.2, 0.25) is 5.02 Å². The van der Waals surface area contributed by atoms with Gasteiger partial charge in [-0.2, -0.15) is 5.10 Å². The third kappa shape index (κ3) is 2.28. The number of benzene rings is 1. The van der Waals surface area contributed by atoms with Gasteiger partial charge >= 0.3 is 0 Å². The van der Waals surface area contributed by atoms with Gasteiger partial charge < -0.3 is 0 Å². The minimum atomic E-state index is 0.344. The number of halogens is 2. The summed E-state index contributed by atoms with van der Waals surface area (Å²) < 4.78 is 0.850. The molecule has 0 saturated carbocycles. The van der Waals surface area contributed by atoms with Crippen molar-refractivity contribution in [3.05, 3.63) is 33.5 Å². The Labute approximate surface area is 107 Å². The van der Waals surface area contributed by atoms with Crippen LogP contribution in [0, 0.1) is 0 Å². The highest BCUT2D eigenvalue weighted by Gasteiger charge is 2.09. The summed E-state index contributed by atoms with van der Waals surface area (Å²) in [5.74, 6) is 1.93. The molecule has 1 N–H and O–H groups in total. The lowest BCUT2D eigenvalue weighted by Crippen LogP contribution is -1.89. The highest BCUT2D eigenvalue weighted by atomic mass is 79.9. The van der Waals surface area contributed by atoms with Gasteiger partial charge in [0.05, 0.1) is 5.02 Å². The lowest BCUT2D eigenvalue weighted by molar-refractivity contribution is 0.781. The summed E-state index contributed by atoms with van der Waals surface area (Å²) in [6.45, 7) is 4.14. The number of hydrogen-bond acceptors (Lipinski definition) is 2. The van der Waals surface area contributed by atoms with Gasteiger partial charge in [-0.25, -0.2) is 4.98 Å². The maximum atomic E-state index is 5.93. The van der Waals surface area contributed by atoms with Crippen molar-refractivity contribution in [2.45, 2.75) is 19.8 Å². The van der Waals surface area contributed by atoms with Crippen LogP contribution in [0.5, 0.6) is 0 Å². The maximum absolute atomic E-state index is 5.93. The van der Waals surface area contributed by atoms with E-state index in [2.05, 4.69) is 45.0 Å². The second kappa shape index (κ2) is 4.55. The van der Waals surface area contributed by atoms with E-state index in [0.717, 1.165) is 15.9 Å². The molecule has 5 heteroatoms. The number of hydrogen-bond donors (Lipinski definition) is 1. The van der Waals surface area contributed by atoms with Crippen LogP contribution >= 0.6 is 27.5 Å². The van der Waals surface area contributed by atoms with E-state index in [1.807, 2.05) is 18.2 Å². The zero-order valence-corrected chi connectivity index (χ0v) is 11.3. The zero-order valence-electron chi connectivity index (χ0n) is 8.96. The average Bonchev–Trinajstić information content (AvgIpc) is 2.71. The first-order valence-corrected chi connectivity index (χ1v) is 6.12. The van der Waals surface area contributed by atoms with Crippen molar-refractivity contribution in [3.63, 3.8) is 0 Å². The second-order valence-corrected chi connectivity index (χ2v) is 5.09. The number of nitrogens with one attached hydrogen (secondary N) is 1. The van der Waals surface area contributed by atoms with E-state index < -0.39 is 0 Å². The van der Waals surface area contributed by atoms with Crippen LogP contribution in [-0.2, 0) is 0 Å². The van der Waals surface area contributed by atoms with Crippen LogP contribution in [0.15, 0.2) is 22.7 Å². The molecule has 0 fully saturated rings. The summed E-state index contributed by atoms with van der Waals surface area (Å²) in [5.41, 5.74) is 0.944. The molecule has 0 bridgehead atoms. The third-order valence-corrected chi connectivity index (χ3v) is 3.44. The van der Waals surface area contributed by atoms with Crippen LogP contribution in [0.4, 0.5) is 0 Å². The van der Waals surface area contributed by atoms with Gasteiger partial charge in [-0.05, 0) is 34.1 Å².